The van der Waals surface area contributed by atoms with Gasteiger partial charge in [0.1, 0.15) is 6.07 Å². The number of carbonyl (C=O) groups excluding carboxylic acids is 1. The molecule has 0 atom stereocenters. The molecule has 9 heteroatoms. The molecular formula is C20H18N8O. The number of hydrogen-bond acceptors (Lipinski definition) is 8. The Morgan fingerprint density at radius 2 is 1.66 bits per heavy atom. The highest BCUT2D eigenvalue weighted by Crippen LogP contribution is 2.17. The highest BCUT2D eigenvalue weighted by molar-refractivity contribution is 6.03. The molecule has 3 heterocycles. The van der Waals surface area contributed by atoms with Crippen molar-refractivity contribution in [1.29, 1.82) is 5.26 Å². The van der Waals surface area contributed by atoms with Gasteiger partial charge in [-0.3, -0.25) is 4.79 Å². The monoisotopic (exact) mass is 386 g/mol. The molecule has 144 valence electrons. The van der Waals surface area contributed by atoms with Crippen LogP contribution in [0.5, 0.6) is 0 Å². The summed E-state index contributed by atoms with van der Waals surface area (Å²) in [5.74, 6) is 1.04. The number of anilines is 3. The predicted octanol–water partition coefficient (Wildman–Crippen LogP) is 1.72. The number of rotatable bonds is 4. The van der Waals surface area contributed by atoms with Gasteiger partial charge in [0, 0.05) is 38.6 Å². The Labute approximate surface area is 167 Å². The van der Waals surface area contributed by atoms with E-state index in [1.807, 2.05) is 6.07 Å². The fourth-order valence-corrected chi connectivity index (χ4v) is 3.08. The molecule has 3 aromatic rings. The number of carbonyl (C=O) groups is 1. The van der Waals surface area contributed by atoms with Crippen molar-refractivity contribution in [3.05, 3.63) is 66.1 Å². The van der Waals surface area contributed by atoms with Crippen molar-refractivity contribution in [3.8, 4) is 6.07 Å². The maximum atomic E-state index is 12.4. The van der Waals surface area contributed by atoms with Crippen LogP contribution in [-0.2, 0) is 0 Å². The van der Waals surface area contributed by atoms with Crippen LogP contribution in [-0.4, -0.2) is 52.3 Å². The third-order valence-electron chi connectivity index (χ3n) is 4.62. The highest BCUT2D eigenvalue weighted by Gasteiger charge is 2.20. The summed E-state index contributed by atoms with van der Waals surface area (Å²) < 4.78 is 0. The molecule has 1 aromatic carbocycles. The highest BCUT2D eigenvalue weighted by atomic mass is 16.1. The molecule has 0 spiro atoms. The largest absolute Gasteiger partial charge is 0.352 e. The fourth-order valence-electron chi connectivity index (χ4n) is 3.08. The summed E-state index contributed by atoms with van der Waals surface area (Å²) in [6, 6.07) is 14.1. The van der Waals surface area contributed by atoms with Crippen LogP contribution in [0.1, 0.15) is 16.1 Å². The fraction of sp³-hybridized carbons (Fsp3) is 0.200. The third kappa shape index (κ3) is 4.11. The molecule has 1 aliphatic rings. The van der Waals surface area contributed by atoms with E-state index < -0.39 is 5.91 Å². The van der Waals surface area contributed by atoms with E-state index in [4.69, 9.17) is 5.26 Å². The van der Waals surface area contributed by atoms with Crippen molar-refractivity contribution < 1.29 is 4.79 Å². The Balaban J connectivity index is 1.38. The number of piperazine rings is 1. The Kier molecular flexibility index (Phi) is 5.25. The summed E-state index contributed by atoms with van der Waals surface area (Å²) in [4.78, 5) is 25.2. The molecule has 0 bridgehead atoms. The molecule has 0 radical (unpaired) electrons. The van der Waals surface area contributed by atoms with Gasteiger partial charge < -0.3 is 15.1 Å². The van der Waals surface area contributed by atoms with Crippen LogP contribution in [0, 0.1) is 11.3 Å². The number of benzene rings is 1. The molecule has 9 nitrogen and oxygen atoms in total. The van der Waals surface area contributed by atoms with Crippen molar-refractivity contribution in [1.82, 2.24) is 20.2 Å². The van der Waals surface area contributed by atoms with Crippen LogP contribution in [0.25, 0.3) is 0 Å². The maximum Gasteiger partial charge on any atom is 0.276 e. The number of amides is 1. The molecule has 1 aliphatic heterocycles. The summed E-state index contributed by atoms with van der Waals surface area (Å²) in [7, 11) is 0. The second-order valence-corrected chi connectivity index (χ2v) is 6.41. The average molecular weight is 386 g/mol. The SMILES string of the molecule is N#Cc1ccccc1NC(=O)c1ccc(N2CCN(c3ncccn3)CC2)nn1. The van der Waals surface area contributed by atoms with Gasteiger partial charge in [-0.15, -0.1) is 10.2 Å². The molecule has 1 N–H and O–H groups in total. The number of aromatic nitrogens is 4. The van der Waals surface area contributed by atoms with Gasteiger partial charge in [0.05, 0.1) is 11.3 Å². The standard InChI is InChI=1S/C20H18N8O/c21-14-15-4-1-2-5-16(15)24-19(29)17-6-7-18(26-25-17)27-10-12-28(13-11-27)20-22-8-3-9-23-20/h1-9H,10-13H2,(H,24,29). The van der Waals surface area contributed by atoms with Crippen molar-refractivity contribution >= 4 is 23.4 Å². The van der Waals surface area contributed by atoms with Crippen molar-refractivity contribution in [3.63, 3.8) is 0 Å². The minimum absolute atomic E-state index is 0.192. The van der Waals surface area contributed by atoms with E-state index in [2.05, 4.69) is 35.3 Å². The lowest BCUT2D eigenvalue weighted by molar-refractivity contribution is 0.102. The summed E-state index contributed by atoms with van der Waals surface area (Å²) in [6.45, 7) is 3.07. The van der Waals surface area contributed by atoms with Crippen LogP contribution >= 0.6 is 0 Å². The van der Waals surface area contributed by atoms with Crippen LogP contribution < -0.4 is 15.1 Å². The lowest BCUT2D eigenvalue weighted by Gasteiger charge is -2.35. The molecule has 0 unspecified atom stereocenters. The number of nitrogens with zero attached hydrogens (tertiary/aromatic N) is 7. The first-order valence-electron chi connectivity index (χ1n) is 9.16. The second kappa shape index (κ2) is 8.31. The normalized spacial score (nSPS) is 13.6. The summed E-state index contributed by atoms with van der Waals surface area (Å²) in [5, 5.41) is 20.1. The van der Waals surface area contributed by atoms with E-state index >= 15 is 0 Å². The first-order valence-corrected chi connectivity index (χ1v) is 9.16. The van der Waals surface area contributed by atoms with E-state index in [1.54, 1.807) is 54.9 Å². The zero-order valence-electron chi connectivity index (χ0n) is 15.6. The van der Waals surface area contributed by atoms with Crippen LogP contribution in [0.15, 0.2) is 54.9 Å². The van der Waals surface area contributed by atoms with Gasteiger partial charge >= 0.3 is 0 Å². The van der Waals surface area contributed by atoms with Gasteiger partial charge in [-0.05, 0) is 30.3 Å². The van der Waals surface area contributed by atoms with E-state index in [-0.39, 0.29) is 5.69 Å². The average Bonchev–Trinajstić information content (AvgIpc) is 2.80. The number of nitrogens with one attached hydrogen (secondary N) is 1. The zero-order valence-corrected chi connectivity index (χ0v) is 15.6. The molecule has 4 rings (SSSR count). The molecule has 2 aromatic heterocycles. The molecule has 0 aliphatic carbocycles. The second-order valence-electron chi connectivity index (χ2n) is 6.41. The molecular weight excluding hydrogens is 368 g/mol. The van der Waals surface area contributed by atoms with E-state index in [0.29, 0.717) is 17.1 Å². The smallest absolute Gasteiger partial charge is 0.276 e. The molecule has 29 heavy (non-hydrogen) atoms. The van der Waals surface area contributed by atoms with Crippen molar-refractivity contribution in [2.75, 3.05) is 41.3 Å². The minimum Gasteiger partial charge on any atom is -0.352 e. The van der Waals surface area contributed by atoms with Crippen molar-refractivity contribution in [2.24, 2.45) is 0 Å². The lowest BCUT2D eigenvalue weighted by atomic mass is 10.2. The van der Waals surface area contributed by atoms with Gasteiger partial charge in [0.25, 0.3) is 5.91 Å². The summed E-state index contributed by atoms with van der Waals surface area (Å²) in [5.41, 5.74) is 1.04. The van der Waals surface area contributed by atoms with Crippen molar-refractivity contribution in [2.45, 2.75) is 0 Å². The minimum atomic E-state index is -0.405. The molecule has 1 saturated heterocycles. The first-order chi connectivity index (χ1) is 14.2. The van der Waals surface area contributed by atoms with E-state index in [0.717, 1.165) is 32.1 Å². The first kappa shape index (κ1) is 18.3. The quantitative estimate of drug-likeness (QED) is 0.721. The molecule has 1 amide bonds. The lowest BCUT2D eigenvalue weighted by Crippen LogP contribution is -2.47. The van der Waals surface area contributed by atoms with E-state index in [1.165, 1.54) is 0 Å². The van der Waals surface area contributed by atoms with Gasteiger partial charge in [0.15, 0.2) is 11.5 Å². The number of para-hydroxylation sites is 1. The van der Waals surface area contributed by atoms with Crippen LogP contribution in [0.2, 0.25) is 0 Å². The van der Waals surface area contributed by atoms with Gasteiger partial charge in [-0.2, -0.15) is 5.26 Å². The Morgan fingerprint density at radius 3 is 2.34 bits per heavy atom. The maximum absolute atomic E-state index is 12.4. The van der Waals surface area contributed by atoms with Crippen LogP contribution in [0.3, 0.4) is 0 Å². The van der Waals surface area contributed by atoms with E-state index in [9.17, 15) is 4.79 Å². The summed E-state index contributed by atoms with van der Waals surface area (Å²) >= 11 is 0. The molecule has 1 fully saturated rings. The van der Waals surface area contributed by atoms with Gasteiger partial charge in [0.2, 0.25) is 5.95 Å². The van der Waals surface area contributed by atoms with Crippen LogP contribution in [0.4, 0.5) is 17.5 Å². The third-order valence-corrected chi connectivity index (χ3v) is 4.62. The number of hydrogen-bond donors (Lipinski definition) is 1. The van der Waals surface area contributed by atoms with Gasteiger partial charge in [-0.1, -0.05) is 12.1 Å². The molecule has 0 saturated carbocycles. The Morgan fingerprint density at radius 1 is 0.931 bits per heavy atom. The predicted molar refractivity (Wildman–Crippen MR) is 108 cm³/mol. The number of nitriles is 1. The Bertz CT molecular complexity index is 1020. The summed E-state index contributed by atoms with van der Waals surface area (Å²) in [6.07, 6.45) is 3.47. The zero-order chi connectivity index (χ0) is 20.1. The topological polar surface area (TPSA) is 111 Å². The Hall–Kier alpha value is -4.06. The van der Waals surface area contributed by atoms with Gasteiger partial charge in [-0.25, -0.2) is 9.97 Å².